The van der Waals surface area contributed by atoms with Crippen LogP contribution < -0.4 is 5.32 Å². The Hall–Kier alpha value is -1.65. The van der Waals surface area contributed by atoms with E-state index < -0.39 is 0 Å². The Bertz CT molecular complexity index is 548. The number of aromatic nitrogens is 2. The summed E-state index contributed by atoms with van der Waals surface area (Å²) in [5, 5.41) is 12.7. The maximum absolute atomic E-state index is 9.16. The second kappa shape index (κ2) is 7.38. The molecule has 1 aromatic carbocycles. The molecule has 4 heteroatoms. The van der Waals surface area contributed by atoms with Gasteiger partial charge in [-0.25, -0.2) is 4.98 Å². The van der Waals surface area contributed by atoms with Crippen LogP contribution in [0.2, 0.25) is 0 Å². The monoisotopic (exact) mass is 287 g/mol. The average Bonchev–Trinajstić information content (AvgIpc) is 2.85. The van der Waals surface area contributed by atoms with Crippen LogP contribution in [0.5, 0.6) is 0 Å². The highest BCUT2D eigenvalue weighted by Crippen LogP contribution is 2.15. The molecule has 1 atom stereocenters. The van der Waals surface area contributed by atoms with Gasteiger partial charge >= 0.3 is 0 Å². The first-order chi connectivity index (χ1) is 10.1. The van der Waals surface area contributed by atoms with Crippen LogP contribution in [0.1, 0.15) is 31.8 Å². The van der Waals surface area contributed by atoms with Crippen molar-refractivity contribution in [2.45, 2.75) is 39.8 Å². The Labute approximate surface area is 126 Å². The number of aliphatic hydroxyl groups excluding tert-OH is 1. The summed E-state index contributed by atoms with van der Waals surface area (Å²) >= 11 is 0. The van der Waals surface area contributed by atoms with E-state index in [1.807, 2.05) is 31.3 Å². The third-order valence-corrected chi connectivity index (χ3v) is 3.82. The highest BCUT2D eigenvalue weighted by molar-refractivity contribution is 5.35. The van der Waals surface area contributed by atoms with Gasteiger partial charge in [-0.1, -0.05) is 32.0 Å². The molecule has 0 fully saturated rings. The molecule has 0 aliphatic rings. The quantitative estimate of drug-likeness (QED) is 0.823. The fourth-order valence-electron chi connectivity index (χ4n) is 2.59. The van der Waals surface area contributed by atoms with E-state index in [0.29, 0.717) is 12.0 Å². The zero-order valence-corrected chi connectivity index (χ0v) is 13.1. The molecule has 2 rings (SSSR count). The van der Waals surface area contributed by atoms with Gasteiger partial charge in [-0.15, -0.1) is 0 Å². The fraction of sp³-hybridized carbons (Fsp3) is 0.471. The van der Waals surface area contributed by atoms with Gasteiger partial charge in [-0.3, -0.25) is 4.57 Å². The molecule has 0 saturated carbocycles. The molecular weight excluding hydrogens is 262 g/mol. The summed E-state index contributed by atoms with van der Waals surface area (Å²) in [6.07, 6.45) is 2.70. The number of nitrogens with one attached hydrogen (secondary N) is 1. The average molecular weight is 287 g/mol. The Morgan fingerprint density at radius 2 is 1.95 bits per heavy atom. The number of hydrogen-bond donors (Lipinski definition) is 2. The number of benzene rings is 1. The van der Waals surface area contributed by atoms with Crippen LogP contribution in [-0.4, -0.2) is 27.3 Å². The van der Waals surface area contributed by atoms with Crippen LogP contribution in [0.4, 0.5) is 0 Å². The van der Waals surface area contributed by atoms with E-state index in [9.17, 15) is 0 Å². The van der Waals surface area contributed by atoms with Gasteiger partial charge in [0.2, 0.25) is 0 Å². The van der Waals surface area contributed by atoms with Gasteiger partial charge in [0.05, 0.1) is 11.9 Å². The molecule has 0 aliphatic heterocycles. The van der Waals surface area contributed by atoms with Crippen molar-refractivity contribution < 1.29 is 5.11 Å². The van der Waals surface area contributed by atoms with Crippen molar-refractivity contribution >= 4 is 0 Å². The third kappa shape index (κ3) is 3.93. The number of aliphatic hydroxyl groups is 1. The summed E-state index contributed by atoms with van der Waals surface area (Å²) in [5.74, 6) is 1.48. The maximum Gasteiger partial charge on any atom is 0.110 e. The molecule has 0 radical (unpaired) electrons. The van der Waals surface area contributed by atoms with E-state index in [4.69, 9.17) is 5.11 Å². The van der Waals surface area contributed by atoms with Crippen LogP contribution in [0.25, 0.3) is 5.69 Å². The predicted octanol–water partition coefficient (Wildman–Crippen LogP) is 2.68. The molecule has 1 unspecified atom stereocenters. The van der Waals surface area contributed by atoms with Crippen LogP contribution in [0.3, 0.4) is 0 Å². The summed E-state index contributed by atoms with van der Waals surface area (Å²) < 4.78 is 2.17. The number of imidazole rings is 1. The van der Waals surface area contributed by atoms with Crippen molar-refractivity contribution in [1.82, 2.24) is 14.9 Å². The molecule has 0 amide bonds. The molecule has 4 nitrogen and oxygen atoms in total. The van der Waals surface area contributed by atoms with Gasteiger partial charge in [0.15, 0.2) is 0 Å². The minimum absolute atomic E-state index is 0.215. The number of aryl methyl sites for hydroxylation is 1. The molecule has 1 aromatic heterocycles. The predicted molar refractivity (Wildman–Crippen MR) is 85.5 cm³/mol. The summed E-state index contributed by atoms with van der Waals surface area (Å²) in [4.78, 5) is 4.44. The second-order valence-corrected chi connectivity index (χ2v) is 5.71. The van der Waals surface area contributed by atoms with E-state index >= 15 is 0 Å². The Kier molecular flexibility index (Phi) is 5.53. The SMILES string of the molecule is Cc1ncc(CNC(CCO)C(C)C)n1-c1ccccc1. The Morgan fingerprint density at radius 3 is 2.57 bits per heavy atom. The number of para-hydroxylation sites is 1. The topological polar surface area (TPSA) is 50.1 Å². The van der Waals surface area contributed by atoms with Crippen molar-refractivity contribution in [3.05, 3.63) is 48.0 Å². The lowest BCUT2D eigenvalue weighted by Crippen LogP contribution is -2.34. The summed E-state index contributed by atoms with van der Waals surface area (Å²) in [5.41, 5.74) is 2.27. The molecule has 0 saturated heterocycles. The lowest BCUT2D eigenvalue weighted by Gasteiger charge is -2.22. The highest BCUT2D eigenvalue weighted by atomic mass is 16.3. The van der Waals surface area contributed by atoms with Crippen molar-refractivity contribution in [1.29, 1.82) is 0 Å². The largest absolute Gasteiger partial charge is 0.396 e. The van der Waals surface area contributed by atoms with Crippen molar-refractivity contribution in [3.63, 3.8) is 0 Å². The smallest absolute Gasteiger partial charge is 0.110 e. The lowest BCUT2D eigenvalue weighted by molar-refractivity contribution is 0.243. The van der Waals surface area contributed by atoms with Gasteiger partial charge in [-0.05, 0) is 31.4 Å². The molecule has 0 bridgehead atoms. The first-order valence-corrected chi connectivity index (χ1v) is 7.56. The fourth-order valence-corrected chi connectivity index (χ4v) is 2.59. The summed E-state index contributed by atoms with van der Waals surface area (Å²) in [6, 6.07) is 10.6. The normalized spacial score (nSPS) is 12.8. The van der Waals surface area contributed by atoms with Crippen molar-refractivity contribution in [3.8, 4) is 5.69 Å². The molecule has 0 spiro atoms. The molecule has 114 valence electrons. The Morgan fingerprint density at radius 1 is 1.24 bits per heavy atom. The molecule has 2 aromatic rings. The van der Waals surface area contributed by atoms with E-state index in [2.05, 4.69) is 40.8 Å². The number of hydrogen-bond acceptors (Lipinski definition) is 3. The van der Waals surface area contributed by atoms with Crippen molar-refractivity contribution in [2.75, 3.05) is 6.61 Å². The van der Waals surface area contributed by atoms with Crippen LogP contribution >= 0.6 is 0 Å². The number of rotatable bonds is 7. The molecule has 21 heavy (non-hydrogen) atoms. The first-order valence-electron chi connectivity index (χ1n) is 7.56. The number of nitrogens with zero attached hydrogens (tertiary/aromatic N) is 2. The standard InChI is InChI=1S/C17H25N3O/c1-13(2)17(9-10-21)19-12-16-11-18-14(3)20(16)15-7-5-4-6-8-15/h4-8,11,13,17,19,21H,9-10,12H2,1-3H3. The molecule has 1 heterocycles. The van der Waals surface area contributed by atoms with Crippen LogP contribution in [0, 0.1) is 12.8 Å². The van der Waals surface area contributed by atoms with E-state index in [1.54, 1.807) is 0 Å². The summed E-state index contributed by atoms with van der Waals surface area (Å²) in [6.45, 7) is 7.33. The van der Waals surface area contributed by atoms with Gasteiger partial charge in [0.1, 0.15) is 5.82 Å². The third-order valence-electron chi connectivity index (χ3n) is 3.82. The Balaban J connectivity index is 2.15. The van der Waals surface area contributed by atoms with Gasteiger partial charge < -0.3 is 10.4 Å². The van der Waals surface area contributed by atoms with E-state index in [0.717, 1.165) is 30.2 Å². The molecule has 2 N–H and O–H groups in total. The maximum atomic E-state index is 9.16. The first kappa shape index (κ1) is 15.7. The van der Waals surface area contributed by atoms with Crippen LogP contribution in [0.15, 0.2) is 36.5 Å². The summed E-state index contributed by atoms with van der Waals surface area (Å²) in [7, 11) is 0. The molecule has 0 aliphatic carbocycles. The second-order valence-electron chi connectivity index (χ2n) is 5.71. The highest BCUT2D eigenvalue weighted by Gasteiger charge is 2.14. The molecular formula is C17H25N3O. The lowest BCUT2D eigenvalue weighted by atomic mass is 10.0. The van der Waals surface area contributed by atoms with Crippen LogP contribution in [-0.2, 0) is 6.54 Å². The van der Waals surface area contributed by atoms with Gasteiger partial charge in [0, 0.05) is 24.9 Å². The van der Waals surface area contributed by atoms with Gasteiger partial charge in [-0.2, -0.15) is 0 Å². The van der Waals surface area contributed by atoms with Crippen molar-refractivity contribution in [2.24, 2.45) is 5.92 Å². The minimum Gasteiger partial charge on any atom is -0.396 e. The van der Waals surface area contributed by atoms with E-state index in [-0.39, 0.29) is 6.61 Å². The zero-order chi connectivity index (χ0) is 15.2. The minimum atomic E-state index is 0.215. The van der Waals surface area contributed by atoms with E-state index in [1.165, 1.54) is 0 Å². The zero-order valence-electron chi connectivity index (χ0n) is 13.1. The van der Waals surface area contributed by atoms with Gasteiger partial charge in [0.25, 0.3) is 0 Å².